The summed E-state index contributed by atoms with van der Waals surface area (Å²) in [5.41, 5.74) is 0. The lowest BCUT2D eigenvalue weighted by molar-refractivity contribution is 0.493. The van der Waals surface area contributed by atoms with Gasteiger partial charge in [0.25, 0.3) is 0 Å². The zero-order chi connectivity index (χ0) is 12.1. The summed E-state index contributed by atoms with van der Waals surface area (Å²) in [6.45, 7) is 0. The van der Waals surface area contributed by atoms with Gasteiger partial charge in [0, 0.05) is 0 Å². The topological polar surface area (TPSA) is 0 Å². The van der Waals surface area contributed by atoms with E-state index in [2.05, 4.69) is 23.2 Å². The van der Waals surface area contributed by atoms with Crippen molar-refractivity contribution in [3.8, 4) is 0 Å². The second-order valence-electron chi connectivity index (χ2n) is 7.01. The van der Waals surface area contributed by atoms with Crippen molar-refractivity contribution in [1.82, 2.24) is 0 Å². The summed E-state index contributed by atoms with van der Waals surface area (Å²) >= 11 is 9.32. The molecule has 6 atom stereocenters. The Morgan fingerprint density at radius 1 is 0.722 bits per heavy atom. The minimum Gasteiger partial charge on any atom is -0.201 e. The standard InChI is InChI=1S/C14H23BS3/c16-15(17-13-7-9-1-3-11(13)5-9)18-14-8-10-2-4-12(14)6-10/h9-14,16H,1-8H2. The molecule has 100 valence electrons. The molecule has 18 heavy (non-hydrogen) atoms. The molecule has 4 rings (SSSR count). The summed E-state index contributed by atoms with van der Waals surface area (Å²) in [5, 5.41) is 1.91. The van der Waals surface area contributed by atoms with E-state index in [0.29, 0.717) is 4.55 Å². The molecule has 4 bridgehead atoms. The first-order chi connectivity index (χ1) is 8.78. The van der Waals surface area contributed by atoms with Crippen LogP contribution in [0.3, 0.4) is 0 Å². The maximum Gasteiger partial charge on any atom is 0.338 e. The zero-order valence-electron chi connectivity index (χ0n) is 11.0. The molecule has 0 heterocycles. The minimum absolute atomic E-state index is 0.554. The predicted octanol–water partition coefficient (Wildman–Crippen LogP) is 4.74. The Hall–Kier alpha value is 1.11. The Kier molecular flexibility index (Phi) is 3.67. The molecule has 0 aromatic carbocycles. The average molecular weight is 298 g/mol. The van der Waals surface area contributed by atoms with Gasteiger partial charge in [-0.1, -0.05) is 12.8 Å². The molecule has 0 nitrogen and oxygen atoms in total. The molecule has 4 aliphatic rings. The fraction of sp³-hybridized carbons (Fsp3) is 1.00. The van der Waals surface area contributed by atoms with E-state index < -0.39 is 0 Å². The summed E-state index contributed by atoms with van der Waals surface area (Å²) < 4.78 is 0.554. The Morgan fingerprint density at radius 3 is 1.56 bits per heavy atom. The predicted molar refractivity (Wildman–Crippen MR) is 88.4 cm³/mol. The summed E-state index contributed by atoms with van der Waals surface area (Å²) in [6, 6.07) is 0. The van der Waals surface area contributed by atoms with E-state index in [1.807, 2.05) is 0 Å². The van der Waals surface area contributed by atoms with Crippen molar-refractivity contribution in [3.63, 3.8) is 0 Å². The van der Waals surface area contributed by atoms with Crippen molar-refractivity contribution in [1.29, 1.82) is 0 Å². The number of hydrogen-bond acceptors (Lipinski definition) is 3. The molecule has 0 radical (unpaired) electrons. The Bertz CT molecular complexity index is 294. The quantitative estimate of drug-likeness (QED) is 0.588. The van der Waals surface area contributed by atoms with Gasteiger partial charge in [-0.2, -0.15) is 23.2 Å². The minimum atomic E-state index is 0.554. The summed E-state index contributed by atoms with van der Waals surface area (Å²) in [6.07, 6.45) is 12.2. The van der Waals surface area contributed by atoms with Gasteiger partial charge in [-0.05, 0) is 72.7 Å². The summed E-state index contributed by atoms with van der Waals surface area (Å²) in [4.78, 5) is 0. The number of fused-ring (bicyclic) bond motifs is 4. The van der Waals surface area contributed by atoms with E-state index in [1.54, 1.807) is 0 Å². The van der Waals surface area contributed by atoms with Crippen LogP contribution in [0.1, 0.15) is 51.4 Å². The van der Waals surface area contributed by atoms with E-state index >= 15 is 0 Å². The van der Waals surface area contributed by atoms with Crippen LogP contribution in [0.2, 0.25) is 0 Å². The van der Waals surface area contributed by atoms with Gasteiger partial charge in [0.05, 0.1) is 0 Å². The van der Waals surface area contributed by atoms with Gasteiger partial charge in [-0.15, -0.1) is 0 Å². The van der Waals surface area contributed by atoms with Crippen molar-refractivity contribution >= 4 is 40.3 Å². The fourth-order valence-corrected chi connectivity index (χ4v) is 9.39. The van der Waals surface area contributed by atoms with Gasteiger partial charge in [0.2, 0.25) is 0 Å². The molecular formula is C14H23BS3. The van der Waals surface area contributed by atoms with Crippen LogP contribution in [-0.4, -0.2) is 15.0 Å². The van der Waals surface area contributed by atoms with Crippen molar-refractivity contribution in [2.45, 2.75) is 61.9 Å². The Morgan fingerprint density at radius 2 is 1.22 bits per heavy atom. The van der Waals surface area contributed by atoms with Gasteiger partial charge in [-0.3, -0.25) is 0 Å². The summed E-state index contributed by atoms with van der Waals surface area (Å²) in [7, 11) is 0. The third-order valence-electron chi connectivity index (χ3n) is 5.93. The SMILES string of the molecule is SB(SC1CC2CCC1C2)SC1CC2CCC1C2. The second kappa shape index (κ2) is 5.14. The molecule has 0 amide bonds. The highest BCUT2D eigenvalue weighted by Crippen LogP contribution is 2.54. The molecule has 0 saturated heterocycles. The van der Waals surface area contributed by atoms with E-state index in [1.165, 1.54) is 51.4 Å². The maximum atomic E-state index is 4.89. The summed E-state index contributed by atoms with van der Waals surface area (Å²) in [5.74, 6) is 4.27. The Labute approximate surface area is 125 Å². The lowest BCUT2D eigenvalue weighted by atomic mass is 10.0. The first kappa shape index (κ1) is 12.8. The molecular weight excluding hydrogens is 275 g/mol. The molecule has 0 spiro atoms. The fourth-order valence-electron chi connectivity index (χ4n) is 5.04. The molecule has 0 aromatic rings. The molecule has 4 fully saturated rings. The zero-order valence-corrected chi connectivity index (χ0v) is 13.5. The van der Waals surface area contributed by atoms with Crippen LogP contribution in [0.4, 0.5) is 0 Å². The average Bonchev–Trinajstić information content (AvgIpc) is 3.08. The van der Waals surface area contributed by atoms with E-state index in [4.69, 9.17) is 12.5 Å². The molecule has 4 aliphatic carbocycles. The first-order valence-electron chi connectivity index (χ1n) is 7.77. The van der Waals surface area contributed by atoms with E-state index in [-0.39, 0.29) is 0 Å². The van der Waals surface area contributed by atoms with Gasteiger partial charge in [-0.25, -0.2) is 12.5 Å². The molecule has 0 aliphatic heterocycles. The second-order valence-corrected chi connectivity index (χ2v) is 11.2. The lowest BCUT2D eigenvalue weighted by Crippen LogP contribution is -2.20. The van der Waals surface area contributed by atoms with E-state index in [0.717, 1.165) is 34.2 Å². The molecule has 4 saturated carbocycles. The lowest BCUT2D eigenvalue weighted by Gasteiger charge is -2.26. The maximum absolute atomic E-state index is 4.89. The highest BCUT2D eigenvalue weighted by atomic mass is 32.2. The first-order valence-corrected chi connectivity index (χ1v) is 10.2. The van der Waals surface area contributed by atoms with Crippen LogP contribution in [0.5, 0.6) is 0 Å². The van der Waals surface area contributed by atoms with Crippen LogP contribution >= 0.6 is 35.7 Å². The van der Waals surface area contributed by atoms with Crippen LogP contribution in [0.15, 0.2) is 0 Å². The van der Waals surface area contributed by atoms with E-state index in [9.17, 15) is 0 Å². The molecule has 6 unspecified atom stereocenters. The van der Waals surface area contributed by atoms with Crippen molar-refractivity contribution in [3.05, 3.63) is 0 Å². The monoisotopic (exact) mass is 298 g/mol. The van der Waals surface area contributed by atoms with Crippen molar-refractivity contribution in [2.75, 3.05) is 0 Å². The van der Waals surface area contributed by atoms with Crippen molar-refractivity contribution < 1.29 is 0 Å². The Balaban J connectivity index is 1.28. The normalized spacial score (nSPS) is 49.2. The molecule has 0 N–H and O–H groups in total. The van der Waals surface area contributed by atoms with Gasteiger partial charge in [0.15, 0.2) is 0 Å². The van der Waals surface area contributed by atoms with Gasteiger partial charge in [0.1, 0.15) is 0 Å². The van der Waals surface area contributed by atoms with Gasteiger partial charge < -0.3 is 0 Å². The molecule has 0 aromatic heterocycles. The highest BCUT2D eigenvalue weighted by molar-refractivity contribution is 8.73. The third-order valence-corrected chi connectivity index (χ3v) is 9.65. The number of rotatable bonds is 4. The van der Waals surface area contributed by atoms with Crippen LogP contribution < -0.4 is 0 Å². The van der Waals surface area contributed by atoms with Crippen LogP contribution in [-0.2, 0) is 0 Å². The molecule has 4 heteroatoms. The van der Waals surface area contributed by atoms with Gasteiger partial charge >= 0.3 is 4.55 Å². The number of hydrogen-bond donors (Lipinski definition) is 1. The van der Waals surface area contributed by atoms with Crippen LogP contribution in [0, 0.1) is 23.7 Å². The smallest absolute Gasteiger partial charge is 0.201 e. The van der Waals surface area contributed by atoms with Crippen LogP contribution in [0.25, 0.3) is 0 Å². The highest BCUT2D eigenvalue weighted by Gasteiger charge is 2.43. The largest absolute Gasteiger partial charge is 0.338 e. The van der Waals surface area contributed by atoms with Crippen molar-refractivity contribution in [2.24, 2.45) is 23.7 Å². The third kappa shape index (κ3) is 2.39. The number of thiol groups is 1.